The van der Waals surface area contributed by atoms with Crippen LogP contribution in [0.2, 0.25) is 0 Å². The molecule has 0 radical (unpaired) electrons. The molecule has 0 unspecified atom stereocenters. The Morgan fingerprint density at radius 2 is 2.11 bits per heavy atom. The summed E-state index contributed by atoms with van der Waals surface area (Å²) in [6.45, 7) is 11.0. The number of rotatable bonds is 6. The van der Waals surface area contributed by atoms with Gasteiger partial charge in [-0.05, 0) is 43.6 Å². The molecule has 0 bridgehead atoms. The number of halogens is 1. The molecular formula is C14H30IN3S. The van der Waals surface area contributed by atoms with E-state index in [9.17, 15) is 0 Å². The van der Waals surface area contributed by atoms with Crippen molar-refractivity contribution in [1.82, 2.24) is 10.2 Å². The molecule has 1 aliphatic heterocycles. The Kier molecular flexibility index (Phi) is 10.3. The molecule has 5 heteroatoms. The van der Waals surface area contributed by atoms with Crippen LogP contribution in [0.4, 0.5) is 0 Å². The number of unbranched alkanes of at least 4 members (excludes halogenated alkanes) is 1. The lowest BCUT2D eigenvalue weighted by Crippen LogP contribution is -2.40. The Bertz CT molecular complexity index is 269. The average molecular weight is 399 g/mol. The summed E-state index contributed by atoms with van der Waals surface area (Å²) in [7, 11) is 0. The van der Waals surface area contributed by atoms with E-state index in [0.717, 1.165) is 32.1 Å². The van der Waals surface area contributed by atoms with Gasteiger partial charge in [0.05, 0.1) is 0 Å². The lowest BCUT2D eigenvalue weighted by molar-refractivity contribution is 0.370. The van der Waals surface area contributed by atoms with Gasteiger partial charge in [0, 0.05) is 26.2 Å². The summed E-state index contributed by atoms with van der Waals surface area (Å²) in [5.74, 6) is 2.37. The van der Waals surface area contributed by atoms with Crippen LogP contribution in [0.5, 0.6) is 0 Å². The van der Waals surface area contributed by atoms with Gasteiger partial charge in [0.25, 0.3) is 0 Å². The van der Waals surface area contributed by atoms with Crippen molar-refractivity contribution < 1.29 is 0 Å². The summed E-state index contributed by atoms with van der Waals surface area (Å²) >= 11 is 1.92. The van der Waals surface area contributed by atoms with Crippen LogP contribution in [0.15, 0.2) is 4.99 Å². The molecule has 0 spiro atoms. The normalized spacial score (nSPS) is 18.3. The highest BCUT2D eigenvalue weighted by Gasteiger charge is 2.30. The van der Waals surface area contributed by atoms with Crippen molar-refractivity contribution in [2.45, 2.75) is 40.0 Å². The van der Waals surface area contributed by atoms with E-state index in [0.29, 0.717) is 5.41 Å². The van der Waals surface area contributed by atoms with Crippen molar-refractivity contribution in [1.29, 1.82) is 0 Å². The van der Waals surface area contributed by atoms with Crippen LogP contribution in [0.25, 0.3) is 0 Å². The van der Waals surface area contributed by atoms with Crippen LogP contribution in [-0.2, 0) is 0 Å². The minimum absolute atomic E-state index is 0. The first kappa shape index (κ1) is 19.4. The Balaban J connectivity index is 0.00000324. The van der Waals surface area contributed by atoms with Crippen molar-refractivity contribution in [3.8, 4) is 0 Å². The van der Waals surface area contributed by atoms with Crippen LogP contribution in [0.3, 0.4) is 0 Å². The molecule has 114 valence electrons. The molecule has 19 heavy (non-hydrogen) atoms. The van der Waals surface area contributed by atoms with E-state index in [-0.39, 0.29) is 24.0 Å². The fourth-order valence-electron chi connectivity index (χ4n) is 2.26. The largest absolute Gasteiger partial charge is 0.357 e. The zero-order valence-electron chi connectivity index (χ0n) is 12.9. The van der Waals surface area contributed by atoms with Gasteiger partial charge in [0.15, 0.2) is 5.96 Å². The number of hydrogen-bond acceptors (Lipinski definition) is 2. The van der Waals surface area contributed by atoms with E-state index in [1.54, 1.807) is 0 Å². The number of thioether (sulfide) groups is 1. The highest BCUT2D eigenvalue weighted by molar-refractivity contribution is 14.0. The Hall–Kier alpha value is 0.350. The molecule has 0 atom stereocenters. The summed E-state index contributed by atoms with van der Waals surface area (Å²) < 4.78 is 0. The van der Waals surface area contributed by atoms with Crippen molar-refractivity contribution in [2.24, 2.45) is 10.4 Å². The molecule has 0 amide bonds. The first-order chi connectivity index (χ1) is 8.59. The van der Waals surface area contributed by atoms with E-state index in [1.807, 2.05) is 11.8 Å². The maximum absolute atomic E-state index is 4.76. The minimum atomic E-state index is 0. The molecule has 0 aliphatic carbocycles. The quantitative estimate of drug-likeness (QED) is 0.321. The Morgan fingerprint density at radius 1 is 1.37 bits per heavy atom. The summed E-state index contributed by atoms with van der Waals surface area (Å²) in [6.07, 6.45) is 5.91. The Labute approximate surface area is 140 Å². The van der Waals surface area contributed by atoms with Gasteiger partial charge in [-0.1, -0.05) is 13.8 Å². The number of hydrogen-bond donors (Lipinski definition) is 1. The number of likely N-dealkylation sites (tertiary alicyclic amines) is 1. The number of nitrogens with one attached hydrogen (secondary N) is 1. The highest BCUT2D eigenvalue weighted by atomic mass is 127. The zero-order chi connectivity index (χ0) is 13.4. The summed E-state index contributed by atoms with van der Waals surface area (Å²) in [6, 6.07) is 0. The standard InChI is InChI=1S/C14H29N3S.HI/c1-5-15-13(16-9-6-7-11-18-4)17-10-8-14(2,3)12-17;/h5-12H2,1-4H3,(H,15,16);1H. The maximum atomic E-state index is 4.76. The van der Waals surface area contributed by atoms with Gasteiger partial charge in [-0.2, -0.15) is 11.8 Å². The molecule has 1 rings (SSSR count). The van der Waals surface area contributed by atoms with Crippen LogP contribution >= 0.6 is 35.7 Å². The smallest absolute Gasteiger partial charge is 0.193 e. The van der Waals surface area contributed by atoms with Crippen molar-refractivity contribution in [2.75, 3.05) is 38.2 Å². The second-order valence-electron chi connectivity index (χ2n) is 5.77. The molecule has 3 nitrogen and oxygen atoms in total. The van der Waals surface area contributed by atoms with Gasteiger partial charge >= 0.3 is 0 Å². The Morgan fingerprint density at radius 3 is 2.63 bits per heavy atom. The molecule has 1 saturated heterocycles. The van der Waals surface area contributed by atoms with Crippen LogP contribution < -0.4 is 5.32 Å². The lowest BCUT2D eigenvalue weighted by Gasteiger charge is -2.23. The summed E-state index contributed by atoms with van der Waals surface area (Å²) in [5, 5.41) is 3.42. The van der Waals surface area contributed by atoms with Crippen LogP contribution in [0.1, 0.15) is 40.0 Å². The molecule has 0 saturated carbocycles. The third-order valence-corrected chi connectivity index (χ3v) is 4.03. The molecule has 0 aromatic heterocycles. The monoisotopic (exact) mass is 399 g/mol. The second-order valence-corrected chi connectivity index (χ2v) is 6.76. The fraction of sp³-hybridized carbons (Fsp3) is 0.929. The van der Waals surface area contributed by atoms with Gasteiger partial charge in [-0.15, -0.1) is 24.0 Å². The first-order valence-electron chi connectivity index (χ1n) is 7.11. The predicted molar refractivity (Wildman–Crippen MR) is 99.0 cm³/mol. The summed E-state index contributed by atoms with van der Waals surface area (Å²) in [4.78, 5) is 7.17. The second kappa shape index (κ2) is 10.1. The maximum Gasteiger partial charge on any atom is 0.193 e. The van der Waals surface area contributed by atoms with Gasteiger partial charge < -0.3 is 10.2 Å². The van der Waals surface area contributed by atoms with Crippen molar-refractivity contribution in [3.63, 3.8) is 0 Å². The van der Waals surface area contributed by atoms with Gasteiger partial charge in [-0.3, -0.25) is 4.99 Å². The van der Waals surface area contributed by atoms with Gasteiger partial charge in [0.2, 0.25) is 0 Å². The van der Waals surface area contributed by atoms with E-state index < -0.39 is 0 Å². The van der Waals surface area contributed by atoms with E-state index in [1.165, 1.54) is 25.0 Å². The van der Waals surface area contributed by atoms with Gasteiger partial charge in [-0.25, -0.2) is 0 Å². The first-order valence-corrected chi connectivity index (χ1v) is 8.50. The predicted octanol–water partition coefficient (Wildman–Crippen LogP) is 3.45. The van der Waals surface area contributed by atoms with E-state index in [4.69, 9.17) is 4.99 Å². The van der Waals surface area contributed by atoms with E-state index in [2.05, 4.69) is 37.2 Å². The fourth-order valence-corrected chi connectivity index (χ4v) is 2.75. The SMILES string of the molecule is CCNC(=NCCCCSC)N1CCC(C)(C)C1.I. The molecule has 1 N–H and O–H groups in total. The molecule has 0 aromatic rings. The molecule has 1 heterocycles. The van der Waals surface area contributed by atoms with Crippen LogP contribution in [0, 0.1) is 5.41 Å². The number of guanidine groups is 1. The van der Waals surface area contributed by atoms with Crippen molar-refractivity contribution >= 4 is 41.7 Å². The molecule has 1 fully saturated rings. The lowest BCUT2D eigenvalue weighted by atomic mass is 9.93. The zero-order valence-corrected chi connectivity index (χ0v) is 16.0. The molecule has 0 aromatic carbocycles. The molecular weight excluding hydrogens is 369 g/mol. The minimum Gasteiger partial charge on any atom is -0.357 e. The van der Waals surface area contributed by atoms with E-state index >= 15 is 0 Å². The topological polar surface area (TPSA) is 27.6 Å². The molecule has 1 aliphatic rings. The number of aliphatic imine (C=N–C) groups is 1. The van der Waals surface area contributed by atoms with Gasteiger partial charge in [0.1, 0.15) is 0 Å². The third-order valence-electron chi connectivity index (χ3n) is 3.33. The third kappa shape index (κ3) is 7.63. The van der Waals surface area contributed by atoms with Crippen molar-refractivity contribution in [3.05, 3.63) is 0 Å². The van der Waals surface area contributed by atoms with Crippen LogP contribution in [-0.4, -0.2) is 49.0 Å². The number of nitrogens with zero attached hydrogens (tertiary/aromatic N) is 2. The average Bonchev–Trinajstić information content (AvgIpc) is 2.68. The summed E-state index contributed by atoms with van der Waals surface area (Å²) in [5.41, 5.74) is 0.440. The highest BCUT2D eigenvalue weighted by Crippen LogP contribution is 2.28.